The fourth-order valence-electron chi connectivity index (χ4n) is 2.41. The summed E-state index contributed by atoms with van der Waals surface area (Å²) in [6, 6.07) is 18.9. The van der Waals surface area contributed by atoms with Crippen LogP contribution in [0.5, 0.6) is 0 Å². The molecule has 3 heteroatoms. The zero-order valence-electron chi connectivity index (χ0n) is 11.9. The fourth-order valence-corrected chi connectivity index (χ4v) is 3.46. The second kappa shape index (κ2) is 6.10. The maximum Gasteiger partial charge on any atom is 0.221 e. The first-order valence-corrected chi connectivity index (χ1v) is 7.86. The lowest BCUT2D eigenvalue weighted by Crippen LogP contribution is -2.05. The second-order valence-electron chi connectivity index (χ2n) is 5.13. The van der Waals surface area contributed by atoms with Crippen LogP contribution in [0, 0.1) is 0 Å². The van der Waals surface area contributed by atoms with E-state index in [1.807, 2.05) is 29.5 Å². The van der Waals surface area contributed by atoms with Crippen LogP contribution in [0.25, 0.3) is 10.1 Å². The van der Waals surface area contributed by atoms with Crippen molar-refractivity contribution in [2.45, 2.75) is 19.8 Å². The quantitative estimate of drug-likeness (QED) is 0.746. The van der Waals surface area contributed by atoms with E-state index >= 15 is 0 Å². The summed E-state index contributed by atoms with van der Waals surface area (Å²) in [6.45, 7) is 1.53. The molecule has 2 aromatic carbocycles. The predicted molar refractivity (Wildman–Crippen MR) is 90.0 cm³/mol. The van der Waals surface area contributed by atoms with Gasteiger partial charge in [-0.05, 0) is 48.1 Å². The van der Waals surface area contributed by atoms with Gasteiger partial charge < -0.3 is 5.32 Å². The number of anilines is 1. The molecule has 1 heterocycles. The van der Waals surface area contributed by atoms with Crippen molar-refractivity contribution in [2.24, 2.45) is 0 Å². The summed E-state index contributed by atoms with van der Waals surface area (Å²) in [7, 11) is 0. The number of aryl methyl sites for hydroxylation is 2. The normalized spacial score (nSPS) is 10.7. The molecule has 0 spiro atoms. The van der Waals surface area contributed by atoms with Crippen molar-refractivity contribution in [3.05, 3.63) is 65.0 Å². The Bertz CT molecular complexity index is 761. The molecule has 0 aliphatic heterocycles. The minimum absolute atomic E-state index is 0.0334. The number of benzene rings is 2. The number of hydrogen-bond acceptors (Lipinski definition) is 2. The Hall–Kier alpha value is -2.13. The summed E-state index contributed by atoms with van der Waals surface area (Å²) >= 11 is 1.83. The highest BCUT2D eigenvalue weighted by Gasteiger charge is 2.04. The van der Waals surface area contributed by atoms with Crippen LogP contribution in [0.3, 0.4) is 0 Å². The van der Waals surface area contributed by atoms with Gasteiger partial charge in [-0.25, -0.2) is 0 Å². The van der Waals surface area contributed by atoms with Gasteiger partial charge in [-0.3, -0.25) is 4.79 Å². The summed E-state index contributed by atoms with van der Waals surface area (Å²) in [4.78, 5) is 12.5. The third-order valence-corrected chi connectivity index (χ3v) is 4.57. The van der Waals surface area contributed by atoms with E-state index in [0.29, 0.717) is 0 Å². The number of carbonyl (C=O) groups excluding carboxylic acids is 1. The molecule has 0 saturated carbocycles. The van der Waals surface area contributed by atoms with E-state index in [9.17, 15) is 4.79 Å². The minimum atomic E-state index is -0.0334. The van der Waals surface area contributed by atoms with Crippen molar-refractivity contribution >= 4 is 33.0 Å². The highest BCUT2D eigenvalue weighted by atomic mass is 32.1. The molecule has 2 nitrogen and oxygen atoms in total. The lowest BCUT2D eigenvalue weighted by Gasteiger charge is -2.00. The van der Waals surface area contributed by atoms with Gasteiger partial charge in [-0.2, -0.15) is 0 Å². The number of carbonyl (C=O) groups is 1. The zero-order valence-corrected chi connectivity index (χ0v) is 12.7. The van der Waals surface area contributed by atoms with E-state index in [1.54, 1.807) is 0 Å². The van der Waals surface area contributed by atoms with Crippen LogP contribution in [0.2, 0.25) is 0 Å². The first-order chi connectivity index (χ1) is 10.2. The predicted octanol–water partition coefficient (Wildman–Crippen LogP) is 4.64. The summed E-state index contributed by atoms with van der Waals surface area (Å²) in [5, 5.41) is 4.03. The number of fused-ring (bicyclic) bond motifs is 1. The zero-order chi connectivity index (χ0) is 14.7. The molecule has 0 atom stereocenters. The molecule has 0 bridgehead atoms. The molecular weight excluding hydrogens is 278 g/mol. The van der Waals surface area contributed by atoms with Crippen LogP contribution in [0.1, 0.15) is 17.4 Å². The molecular formula is C18H17NOS. The van der Waals surface area contributed by atoms with Gasteiger partial charge in [-0.1, -0.05) is 30.3 Å². The molecule has 0 unspecified atom stereocenters. The highest BCUT2D eigenvalue weighted by molar-refractivity contribution is 7.19. The van der Waals surface area contributed by atoms with Crippen molar-refractivity contribution in [2.75, 3.05) is 5.32 Å². The van der Waals surface area contributed by atoms with Crippen molar-refractivity contribution in [3.8, 4) is 0 Å². The number of nitrogens with one attached hydrogen (secondary N) is 1. The number of amides is 1. The maximum atomic E-state index is 11.1. The Kier molecular flexibility index (Phi) is 4.02. The first-order valence-electron chi connectivity index (χ1n) is 7.05. The Morgan fingerprint density at radius 2 is 1.86 bits per heavy atom. The van der Waals surface area contributed by atoms with E-state index in [2.05, 4.69) is 41.7 Å². The Labute approximate surface area is 128 Å². The van der Waals surface area contributed by atoms with E-state index in [0.717, 1.165) is 18.5 Å². The minimum Gasteiger partial charge on any atom is -0.326 e. The van der Waals surface area contributed by atoms with Crippen LogP contribution in [0.15, 0.2) is 54.6 Å². The molecule has 0 aliphatic carbocycles. The average molecular weight is 295 g/mol. The van der Waals surface area contributed by atoms with Gasteiger partial charge in [0.15, 0.2) is 0 Å². The van der Waals surface area contributed by atoms with Gasteiger partial charge in [-0.15, -0.1) is 11.3 Å². The summed E-state index contributed by atoms with van der Waals surface area (Å²) in [5.41, 5.74) is 2.23. The topological polar surface area (TPSA) is 29.1 Å². The smallest absolute Gasteiger partial charge is 0.221 e. The van der Waals surface area contributed by atoms with Gasteiger partial charge in [0.25, 0.3) is 0 Å². The van der Waals surface area contributed by atoms with Crippen molar-refractivity contribution in [1.82, 2.24) is 0 Å². The van der Waals surface area contributed by atoms with Gasteiger partial charge in [0.1, 0.15) is 0 Å². The third-order valence-electron chi connectivity index (χ3n) is 3.39. The summed E-state index contributed by atoms with van der Waals surface area (Å²) in [5.74, 6) is -0.0334. The van der Waals surface area contributed by atoms with Crippen LogP contribution in [-0.2, 0) is 17.6 Å². The van der Waals surface area contributed by atoms with Crippen molar-refractivity contribution in [1.29, 1.82) is 0 Å². The fraction of sp³-hybridized carbons (Fsp3) is 0.167. The Morgan fingerprint density at radius 1 is 1.05 bits per heavy atom. The van der Waals surface area contributed by atoms with Gasteiger partial charge >= 0.3 is 0 Å². The highest BCUT2D eigenvalue weighted by Crippen LogP contribution is 2.29. The SMILES string of the molecule is CC(=O)Nc1ccc2sc(CCc3ccccc3)cc2c1. The molecule has 1 N–H and O–H groups in total. The molecule has 3 aromatic rings. The molecule has 0 radical (unpaired) electrons. The van der Waals surface area contributed by atoms with Crippen LogP contribution >= 0.6 is 11.3 Å². The molecule has 1 amide bonds. The lowest BCUT2D eigenvalue weighted by molar-refractivity contribution is -0.114. The molecule has 0 aliphatic rings. The molecule has 0 fully saturated rings. The van der Waals surface area contributed by atoms with E-state index in [-0.39, 0.29) is 5.91 Å². The van der Waals surface area contributed by atoms with Gasteiger partial charge in [0.05, 0.1) is 0 Å². The summed E-state index contributed by atoms with van der Waals surface area (Å²) < 4.78 is 1.27. The molecule has 106 valence electrons. The van der Waals surface area contributed by atoms with Crippen molar-refractivity contribution < 1.29 is 4.79 Å². The molecule has 0 saturated heterocycles. The largest absolute Gasteiger partial charge is 0.326 e. The van der Waals surface area contributed by atoms with Crippen LogP contribution < -0.4 is 5.32 Å². The summed E-state index contributed by atoms with van der Waals surface area (Å²) in [6.07, 6.45) is 2.12. The van der Waals surface area contributed by atoms with E-state index in [1.165, 1.54) is 27.5 Å². The van der Waals surface area contributed by atoms with Gasteiger partial charge in [0, 0.05) is 22.2 Å². The second-order valence-corrected chi connectivity index (χ2v) is 6.30. The average Bonchev–Trinajstić information content (AvgIpc) is 2.88. The Balaban J connectivity index is 1.76. The van der Waals surface area contributed by atoms with Gasteiger partial charge in [0.2, 0.25) is 5.91 Å². The number of thiophene rings is 1. The van der Waals surface area contributed by atoms with Crippen molar-refractivity contribution in [3.63, 3.8) is 0 Å². The van der Waals surface area contributed by atoms with Crippen LogP contribution in [-0.4, -0.2) is 5.91 Å². The monoisotopic (exact) mass is 295 g/mol. The number of rotatable bonds is 4. The number of hydrogen-bond donors (Lipinski definition) is 1. The molecule has 21 heavy (non-hydrogen) atoms. The van der Waals surface area contributed by atoms with E-state index in [4.69, 9.17) is 0 Å². The maximum absolute atomic E-state index is 11.1. The third kappa shape index (κ3) is 3.50. The van der Waals surface area contributed by atoms with E-state index < -0.39 is 0 Å². The molecule has 3 rings (SSSR count). The lowest BCUT2D eigenvalue weighted by atomic mass is 10.1. The van der Waals surface area contributed by atoms with Crippen LogP contribution in [0.4, 0.5) is 5.69 Å². The molecule has 1 aromatic heterocycles. The first kappa shape index (κ1) is 13.8. The standard InChI is InChI=1S/C18H17NOS/c1-13(20)19-16-8-10-18-15(11-16)12-17(21-18)9-7-14-5-3-2-4-6-14/h2-6,8,10-12H,7,9H2,1H3,(H,19,20). The Morgan fingerprint density at radius 3 is 2.62 bits per heavy atom.